The van der Waals surface area contributed by atoms with Crippen LogP contribution in [0.3, 0.4) is 0 Å². The number of rotatable bonds is 6. The Labute approximate surface area is 365 Å². The quantitative estimate of drug-likeness (QED) is 0.243. The van der Waals surface area contributed by atoms with Crippen LogP contribution in [0.5, 0.6) is 0 Å². The van der Waals surface area contributed by atoms with Gasteiger partial charge >= 0.3 is 5.97 Å². The van der Waals surface area contributed by atoms with Crippen molar-refractivity contribution in [3.05, 3.63) is 47.1 Å². The fraction of sp³-hybridized carbons (Fsp3) is 0.804. The molecule has 0 amide bonds. The fourth-order valence-electron chi connectivity index (χ4n) is 10.0. The predicted molar refractivity (Wildman–Crippen MR) is 226 cm³/mol. The van der Waals surface area contributed by atoms with Crippen LogP contribution in [0.1, 0.15) is 87.5 Å². The number of hydrogen-bond donors (Lipinski definition) is 3. The molecule has 14 nitrogen and oxygen atoms in total. The van der Waals surface area contributed by atoms with Crippen LogP contribution in [0, 0.1) is 17.3 Å². The molecule has 6 heterocycles. The van der Waals surface area contributed by atoms with Gasteiger partial charge in [-0.05, 0) is 56.3 Å². The van der Waals surface area contributed by atoms with Crippen molar-refractivity contribution < 1.29 is 67.5 Å². The molecule has 0 aromatic carbocycles. The largest absolute Gasteiger partial charge is 0.462 e. The third kappa shape index (κ3) is 9.95. The van der Waals surface area contributed by atoms with E-state index in [4.69, 9.17) is 47.4 Å². The van der Waals surface area contributed by atoms with E-state index in [0.29, 0.717) is 49.0 Å². The topological polar surface area (TPSA) is 170 Å². The molecule has 15 heteroatoms. The van der Waals surface area contributed by atoms with Crippen LogP contribution in [0.25, 0.3) is 0 Å². The number of carbonyl (C=O) groups excluding carboxylic acids is 1. The highest BCUT2D eigenvalue weighted by atomic mass is 32.2. The van der Waals surface area contributed by atoms with Crippen LogP contribution in [0.4, 0.5) is 0 Å². The Kier molecular flexibility index (Phi) is 14.7. The number of aliphatic hydroxyl groups excluding tert-OH is 2. The summed E-state index contributed by atoms with van der Waals surface area (Å²) in [5.74, 6) is -1.41. The van der Waals surface area contributed by atoms with Gasteiger partial charge in [0, 0.05) is 57.3 Å². The maximum atomic E-state index is 14.3. The average Bonchev–Trinajstić information content (AvgIpc) is 3.55. The second-order valence-corrected chi connectivity index (χ2v) is 20.4. The molecule has 344 valence electrons. The van der Waals surface area contributed by atoms with Crippen LogP contribution in [-0.2, 0) is 52.2 Å². The first-order valence-corrected chi connectivity index (χ1v) is 23.3. The number of allylic oxidation sites excluding steroid dienone is 2. The Bertz CT molecular complexity index is 1680. The van der Waals surface area contributed by atoms with Gasteiger partial charge in [0.1, 0.15) is 42.0 Å². The maximum Gasteiger partial charge on any atom is 0.316 e. The number of thioether (sulfide) groups is 1. The molecular weight excluding hydrogens is 809 g/mol. The van der Waals surface area contributed by atoms with E-state index in [1.54, 1.807) is 52.0 Å². The number of methoxy groups -OCH3 is 2. The highest BCUT2D eigenvalue weighted by Gasteiger charge is 2.60. The standard InChI is InChI=1S/C46H70O14S/c1-24-12-11-13-29-21-53-42-38(47)26(3)16-32(46(29,42)50)43(49)56-31-17-30(59-45(20-31)23-61-22-35(60-45)44(6,7)8)15-14-25(2)40(24)57-37-19-34(52-10)41(28(5)55-37)58-36-18-33(51-9)39(48)27(4)54-36/h11-14,16,24,27-28,30-42,47-48,50H,15,17-23H2,1-10H3/b12-11+,25-14+,29-13+/t24-,27-,28-,30+,31-,32-,33-,34-,35-,36-,37-,38+,39-,40-,41-,42+,45-,46+/m0/s1. The molecule has 1 aliphatic carbocycles. The minimum absolute atomic E-state index is 0.0371. The van der Waals surface area contributed by atoms with Crippen molar-refractivity contribution in [1.82, 2.24) is 0 Å². The van der Waals surface area contributed by atoms with E-state index >= 15 is 0 Å². The predicted octanol–water partition coefficient (Wildman–Crippen LogP) is 4.92. The van der Waals surface area contributed by atoms with Gasteiger partial charge in [-0.2, -0.15) is 11.8 Å². The SMILES string of the molecule is CO[C@H]1C[C@H](O[C@H]2[C@H](C)O[C@@H](O[C@@H]3/C(C)=C/C[C@@H]4C[C@@H](C[C@]5(CSC[C@@H](C(C)(C)C)O5)O4)OC(=O)[C@@H]4C=C(C)[C@@H](O)[C@H]5OC/C(=C\C=C\[C@@H]3C)[C@]54O)C[C@@H]2OC)O[C@@H](C)[C@@H]1O. The molecule has 6 aliphatic heterocycles. The van der Waals surface area contributed by atoms with E-state index in [2.05, 4.69) is 33.8 Å². The van der Waals surface area contributed by atoms with Crippen molar-refractivity contribution in [2.24, 2.45) is 17.3 Å². The van der Waals surface area contributed by atoms with Crippen molar-refractivity contribution in [2.45, 2.75) is 185 Å². The summed E-state index contributed by atoms with van der Waals surface area (Å²) in [6.45, 7) is 16.1. The second-order valence-electron chi connectivity index (χ2n) is 19.4. The third-order valence-corrected chi connectivity index (χ3v) is 14.9. The summed E-state index contributed by atoms with van der Waals surface area (Å²) in [6, 6.07) is 0. The van der Waals surface area contributed by atoms with Crippen molar-refractivity contribution in [1.29, 1.82) is 0 Å². The fourth-order valence-corrected chi connectivity index (χ4v) is 11.5. The van der Waals surface area contributed by atoms with Crippen molar-refractivity contribution in [3.8, 4) is 0 Å². The van der Waals surface area contributed by atoms with Crippen LogP contribution in [0.15, 0.2) is 47.1 Å². The van der Waals surface area contributed by atoms with Crippen LogP contribution in [-0.4, -0.2) is 151 Å². The Hall–Kier alpha value is -1.70. The minimum Gasteiger partial charge on any atom is -0.462 e. The zero-order valence-electron chi connectivity index (χ0n) is 37.5. The van der Waals surface area contributed by atoms with E-state index in [1.807, 2.05) is 26.0 Å². The summed E-state index contributed by atoms with van der Waals surface area (Å²) in [5.41, 5.74) is 0.0273. The number of hydrogen-bond acceptors (Lipinski definition) is 15. The zero-order chi connectivity index (χ0) is 44.0. The first kappa shape index (κ1) is 47.3. The van der Waals surface area contributed by atoms with Crippen LogP contribution < -0.4 is 0 Å². The van der Waals surface area contributed by atoms with Gasteiger partial charge in [-0.15, -0.1) is 0 Å². The molecule has 0 radical (unpaired) electrons. The molecule has 0 aromatic rings. The molecule has 18 atom stereocenters. The monoisotopic (exact) mass is 878 g/mol. The van der Waals surface area contributed by atoms with Crippen molar-refractivity contribution in [3.63, 3.8) is 0 Å². The summed E-state index contributed by atoms with van der Waals surface area (Å²) >= 11 is 1.78. The summed E-state index contributed by atoms with van der Waals surface area (Å²) < 4.78 is 63.6. The normalized spacial score (nSPS) is 48.5. The van der Waals surface area contributed by atoms with Crippen molar-refractivity contribution in [2.75, 3.05) is 32.3 Å². The first-order valence-electron chi connectivity index (χ1n) is 22.1. The molecule has 7 aliphatic rings. The van der Waals surface area contributed by atoms with Gasteiger partial charge in [0.2, 0.25) is 0 Å². The van der Waals surface area contributed by atoms with Crippen LogP contribution in [0.2, 0.25) is 0 Å². The van der Waals surface area contributed by atoms with E-state index < -0.39 is 90.8 Å². The zero-order valence-corrected chi connectivity index (χ0v) is 38.3. The Morgan fingerprint density at radius 3 is 2.33 bits per heavy atom. The number of carbonyl (C=O) groups is 1. The highest BCUT2D eigenvalue weighted by molar-refractivity contribution is 7.99. The highest BCUT2D eigenvalue weighted by Crippen LogP contribution is 2.47. The smallest absolute Gasteiger partial charge is 0.316 e. The van der Waals surface area contributed by atoms with Crippen molar-refractivity contribution >= 4 is 17.7 Å². The molecule has 0 saturated carbocycles. The lowest BCUT2D eigenvalue weighted by atomic mass is 9.71. The molecule has 0 aromatic heterocycles. The number of fused-ring (bicyclic) bond motifs is 2. The lowest BCUT2D eigenvalue weighted by Gasteiger charge is -2.50. The van der Waals surface area contributed by atoms with E-state index in [9.17, 15) is 20.1 Å². The number of aliphatic hydroxyl groups is 3. The van der Waals surface area contributed by atoms with E-state index in [1.165, 1.54) is 0 Å². The lowest BCUT2D eigenvalue weighted by Crippen LogP contribution is -2.59. The molecular formula is C46H70O14S. The van der Waals surface area contributed by atoms with Gasteiger partial charge in [-0.3, -0.25) is 4.79 Å². The van der Waals surface area contributed by atoms with Gasteiger partial charge in [-0.1, -0.05) is 58.1 Å². The molecule has 3 N–H and O–H groups in total. The minimum atomic E-state index is -1.83. The molecule has 2 bridgehead atoms. The van der Waals surface area contributed by atoms with Gasteiger partial charge in [0.05, 0.1) is 49.3 Å². The van der Waals surface area contributed by atoms with Crippen LogP contribution >= 0.6 is 11.8 Å². The van der Waals surface area contributed by atoms with E-state index in [-0.39, 0.29) is 36.3 Å². The number of ether oxygens (including phenoxy) is 10. The third-order valence-electron chi connectivity index (χ3n) is 13.7. The summed E-state index contributed by atoms with van der Waals surface area (Å²) in [6.07, 6.45) is 3.75. The number of esters is 1. The molecule has 1 spiro atoms. The second kappa shape index (κ2) is 19.0. The van der Waals surface area contributed by atoms with Gasteiger partial charge < -0.3 is 62.7 Å². The summed E-state index contributed by atoms with van der Waals surface area (Å²) in [4.78, 5) is 14.3. The molecule has 61 heavy (non-hydrogen) atoms. The maximum absolute atomic E-state index is 14.3. The van der Waals surface area contributed by atoms with Gasteiger partial charge in [0.15, 0.2) is 18.4 Å². The Morgan fingerprint density at radius 1 is 0.902 bits per heavy atom. The average molecular weight is 879 g/mol. The van der Waals surface area contributed by atoms with Gasteiger partial charge in [0.25, 0.3) is 0 Å². The Morgan fingerprint density at radius 2 is 1.61 bits per heavy atom. The Balaban J connectivity index is 1.17. The molecule has 5 saturated heterocycles. The molecule has 0 unspecified atom stereocenters. The summed E-state index contributed by atoms with van der Waals surface area (Å²) in [7, 11) is 3.22. The van der Waals surface area contributed by atoms with Gasteiger partial charge in [-0.25, -0.2) is 0 Å². The lowest BCUT2D eigenvalue weighted by molar-refractivity contribution is -0.318. The molecule has 7 rings (SSSR count). The van der Waals surface area contributed by atoms with E-state index in [0.717, 1.165) is 11.3 Å². The summed E-state index contributed by atoms with van der Waals surface area (Å²) in [5, 5.41) is 34.2. The first-order chi connectivity index (χ1) is 28.8. The molecule has 5 fully saturated rings.